The molecule has 1 N–H and O–H groups in total. The molecule has 1 atom stereocenters. The van der Waals surface area contributed by atoms with E-state index in [4.69, 9.17) is 9.15 Å². The van der Waals surface area contributed by atoms with Crippen molar-refractivity contribution in [2.24, 2.45) is 0 Å². The molecular weight excluding hydrogens is 216 g/mol. The lowest BCUT2D eigenvalue weighted by Gasteiger charge is -2.22. The number of furan rings is 1. The third-order valence-electron chi connectivity index (χ3n) is 2.81. The van der Waals surface area contributed by atoms with Crippen molar-refractivity contribution in [3.05, 3.63) is 54.0 Å². The largest absolute Gasteiger partial charge is 0.494 e. The second kappa shape index (κ2) is 4.63. The molecule has 0 aliphatic heterocycles. The van der Waals surface area contributed by atoms with Crippen LogP contribution < -0.4 is 4.74 Å². The lowest BCUT2D eigenvalue weighted by molar-refractivity contribution is 0.101. The van der Waals surface area contributed by atoms with Gasteiger partial charge in [0.05, 0.1) is 19.1 Å². The van der Waals surface area contributed by atoms with Crippen molar-refractivity contribution in [1.29, 1.82) is 0 Å². The predicted molar refractivity (Wildman–Crippen MR) is 65.0 cm³/mol. The van der Waals surface area contributed by atoms with E-state index in [1.54, 1.807) is 25.5 Å². The van der Waals surface area contributed by atoms with Crippen LogP contribution in [0.5, 0.6) is 5.75 Å². The van der Waals surface area contributed by atoms with Gasteiger partial charge in [-0.15, -0.1) is 0 Å². The second-order valence-corrected chi connectivity index (χ2v) is 4.04. The van der Waals surface area contributed by atoms with Gasteiger partial charge in [0.25, 0.3) is 0 Å². The number of hydrogen-bond donors (Lipinski definition) is 1. The first kappa shape index (κ1) is 11.7. The van der Waals surface area contributed by atoms with Crippen molar-refractivity contribution in [3.63, 3.8) is 0 Å². The molecule has 0 spiro atoms. The number of hydrogen-bond acceptors (Lipinski definition) is 3. The lowest BCUT2D eigenvalue weighted by Crippen LogP contribution is -2.21. The van der Waals surface area contributed by atoms with E-state index in [0.717, 1.165) is 16.9 Å². The van der Waals surface area contributed by atoms with Gasteiger partial charge in [-0.05, 0) is 37.6 Å². The van der Waals surface area contributed by atoms with E-state index in [0.29, 0.717) is 6.61 Å². The molecule has 2 rings (SSSR count). The Balaban J connectivity index is 2.27. The van der Waals surface area contributed by atoms with Crippen LogP contribution in [0.25, 0.3) is 0 Å². The maximum atomic E-state index is 10.5. The fourth-order valence-corrected chi connectivity index (χ4v) is 1.75. The third kappa shape index (κ3) is 2.34. The zero-order chi connectivity index (χ0) is 12.3. The van der Waals surface area contributed by atoms with Gasteiger partial charge in [0, 0.05) is 5.56 Å². The molecule has 3 heteroatoms. The van der Waals surface area contributed by atoms with Crippen molar-refractivity contribution in [3.8, 4) is 5.75 Å². The van der Waals surface area contributed by atoms with Gasteiger partial charge in [0.15, 0.2) is 0 Å². The van der Waals surface area contributed by atoms with E-state index in [-0.39, 0.29) is 0 Å². The molecule has 1 heterocycles. The zero-order valence-electron chi connectivity index (χ0n) is 10.0. The van der Waals surface area contributed by atoms with Gasteiger partial charge in [0.2, 0.25) is 0 Å². The van der Waals surface area contributed by atoms with Crippen LogP contribution in [0.1, 0.15) is 25.0 Å². The number of aliphatic hydroxyl groups is 1. The van der Waals surface area contributed by atoms with Crippen molar-refractivity contribution in [1.82, 2.24) is 0 Å². The van der Waals surface area contributed by atoms with Gasteiger partial charge >= 0.3 is 0 Å². The fourth-order valence-electron chi connectivity index (χ4n) is 1.75. The summed E-state index contributed by atoms with van der Waals surface area (Å²) < 4.78 is 10.4. The maximum absolute atomic E-state index is 10.5. The topological polar surface area (TPSA) is 42.6 Å². The first-order valence-corrected chi connectivity index (χ1v) is 5.63. The molecule has 90 valence electrons. The Bertz CT molecular complexity index is 455. The summed E-state index contributed by atoms with van der Waals surface area (Å²) in [5, 5.41) is 10.5. The van der Waals surface area contributed by atoms with Crippen LogP contribution in [-0.2, 0) is 5.60 Å². The van der Waals surface area contributed by atoms with Gasteiger partial charge in [-0.3, -0.25) is 0 Å². The zero-order valence-corrected chi connectivity index (χ0v) is 10.0. The number of ether oxygens (including phenoxy) is 1. The number of benzene rings is 1. The molecule has 1 aromatic heterocycles. The van der Waals surface area contributed by atoms with E-state index in [9.17, 15) is 5.11 Å². The number of rotatable bonds is 4. The Morgan fingerprint density at radius 2 is 1.88 bits per heavy atom. The predicted octanol–water partition coefficient (Wildman–Crippen LogP) is 2.93. The van der Waals surface area contributed by atoms with E-state index < -0.39 is 5.60 Å². The average Bonchev–Trinajstić information content (AvgIpc) is 2.84. The van der Waals surface area contributed by atoms with Crippen molar-refractivity contribution < 1.29 is 14.3 Å². The molecule has 17 heavy (non-hydrogen) atoms. The highest BCUT2D eigenvalue weighted by Crippen LogP contribution is 2.30. The smallest absolute Gasteiger partial charge is 0.119 e. The molecule has 1 unspecified atom stereocenters. The average molecular weight is 232 g/mol. The van der Waals surface area contributed by atoms with Crippen LogP contribution in [0.15, 0.2) is 47.3 Å². The first-order chi connectivity index (χ1) is 8.14. The Hall–Kier alpha value is -1.74. The molecule has 0 aliphatic carbocycles. The van der Waals surface area contributed by atoms with Gasteiger partial charge in [0.1, 0.15) is 11.4 Å². The van der Waals surface area contributed by atoms with Gasteiger partial charge in [-0.1, -0.05) is 12.1 Å². The minimum absolute atomic E-state index is 0.636. The molecule has 0 saturated carbocycles. The monoisotopic (exact) mass is 232 g/mol. The lowest BCUT2D eigenvalue weighted by atomic mass is 9.90. The van der Waals surface area contributed by atoms with E-state index in [1.165, 1.54) is 0 Å². The fraction of sp³-hybridized carbons (Fsp3) is 0.286. The minimum atomic E-state index is -1.04. The molecule has 2 aromatic rings. The van der Waals surface area contributed by atoms with Crippen molar-refractivity contribution in [2.45, 2.75) is 19.4 Å². The van der Waals surface area contributed by atoms with E-state index in [1.807, 2.05) is 31.2 Å². The van der Waals surface area contributed by atoms with Crippen LogP contribution in [0, 0.1) is 0 Å². The van der Waals surface area contributed by atoms with Crippen LogP contribution in [0.3, 0.4) is 0 Å². The summed E-state index contributed by atoms with van der Waals surface area (Å²) in [6, 6.07) is 9.19. The van der Waals surface area contributed by atoms with Crippen molar-refractivity contribution in [2.75, 3.05) is 6.61 Å². The van der Waals surface area contributed by atoms with Crippen LogP contribution in [-0.4, -0.2) is 11.7 Å². The van der Waals surface area contributed by atoms with Crippen LogP contribution >= 0.6 is 0 Å². The Morgan fingerprint density at radius 1 is 1.18 bits per heavy atom. The Kier molecular flexibility index (Phi) is 3.20. The van der Waals surface area contributed by atoms with Gasteiger partial charge in [-0.2, -0.15) is 0 Å². The Labute approximate surface area is 101 Å². The highest BCUT2D eigenvalue weighted by atomic mass is 16.5. The minimum Gasteiger partial charge on any atom is -0.494 e. The molecule has 0 fully saturated rings. The summed E-state index contributed by atoms with van der Waals surface area (Å²) in [6.45, 7) is 4.32. The Morgan fingerprint density at radius 3 is 2.41 bits per heavy atom. The molecular formula is C14H16O3. The summed E-state index contributed by atoms with van der Waals surface area (Å²) in [5.74, 6) is 0.805. The summed E-state index contributed by atoms with van der Waals surface area (Å²) in [5.41, 5.74) is 0.501. The molecule has 1 aromatic carbocycles. The molecule has 0 amide bonds. The van der Waals surface area contributed by atoms with Crippen LogP contribution in [0.4, 0.5) is 0 Å². The van der Waals surface area contributed by atoms with E-state index in [2.05, 4.69) is 0 Å². The standard InChI is InChI=1S/C14H16O3/c1-3-17-13-6-4-11(5-7-13)14(2,15)12-8-9-16-10-12/h4-10,15H,3H2,1-2H3. The molecule has 0 aliphatic rings. The second-order valence-electron chi connectivity index (χ2n) is 4.04. The highest BCUT2D eigenvalue weighted by molar-refractivity contribution is 5.36. The maximum Gasteiger partial charge on any atom is 0.119 e. The van der Waals surface area contributed by atoms with Crippen LogP contribution in [0.2, 0.25) is 0 Å². The molecule has 3 nitrogen and oxygen atoms in total. The SMILES string of the molecule is CCOc1ccc(C(C)(O)c2ccoc2)cc1. The first-order valence-electron chi connectivity index (χ1n) is 5.63. The highest BCUT2D eigenvalue weighted by Gasteiger charge is 2.26. The van der Waals surface area contributed by atoms with Crippen molar-refractivity contribution >= 4 is 0 Å². The third-order valence-corrected chi connectivity index (χ3v) is 2.81. The molecule has 0 bridgehead atoms. The molecule has 0 radical (unpaired) electrons. The summed E-state index contributed by atoms with van der Waals surface area (Å²) in [7, 11) is 0. The van der Waals surface area contributed by atoms with E-state index >= 15 is 0 Å². The van der Waals surface area contributed by atoms with Gasteiger partial charge in [-0.25, -0.2) is 0 Å². The summed E-state index contributed by atoms with van der Waals surface area (Å²) >= 11 is 0. The summed E-state index contributed by atoms with van der Waals surface area (Å²) in [4.78, 5) is 0. The molecule has 0 saturated heterocycles. The normalized spacial score (nSPS) is 14.3. The summed E-state index contributed by atoms with van der Waals surface area (Å²) in [6.07, 6.45) is 3.11. The van der Waals surface area contributed by atoms with Gasteiger partial charge < -0.3 is 14.3 Å². The quantitative estimate of drug-likeness (QED) is 0.881.